The number of carbonyl (C=O) groups excluding carboxylic acids is 3. The fourth-order valence-corrected chi connectivity index (χ4v) is 4.44. The van der Waals surface area contributed by atoms with Gasteiger partial charge in [0.15, 0.2) is 0 Å². The van der Waals surface area contributed by atoms with Gasteiger partial charge in [-0.2, -0.15) is 13.2 Å². The molecule has 1 aliphatic rings. The molecule has 1 atom stereocenters. The Balaban J connectivity index is 1.50. The number of esters is 1. The lowest BCUT2D eigenvalue weighted by molar-refractivity contribution is -0.147. The van der Waals surface area contributed by atoms with Gasteiger partial charge in [0.1, 0.15) is 11.9 Å². The standard InChI is InChI=1S/C28H24F4N2O4/c1-15(2)24(27(37)38-3)34-14-19-5-4-17(12-21(19)26(34)36)16-6-9-20(10-7-16)33-25(35)18-8-11-22(23(29)13-18)28(30,31)32/h4-13,15,24H,14H2,1-3H3,(H,33,35). The molecule has 0 aliphatic carbocycles. The van der Waals surface area contributed by atoms with E-state index in [4.69, 9.17) is 4.74 Å². The molecule has 2 amide bonds. The quantitative estimate of drug-likeness (QED) is 0.319. The fourth-order valence-electron chi connectivity index (χ4n) is 4.44. The van der Waals surface area contributed by atoms with Crippen molar-refractivity contribution >= 4 is 23.5 Å². The highest BCUT2D eigenvalue weighted by Gasteiger charge is 2.39. The number of nitrogens with zero attached hydrogens (tertiary/aromatic N) is 1. The molecule has 6 nitrogen and oxygen atoms in total. The molecular weight excluding hydrogens is 504 g/mol. The zero-order chi connectivity index (χ0) is 27.8. The van der Waals surface area contributed by atoms with Crippen LogP contribution in [-0.4, -0.2) is 35.8 Å². The summed E-state index contributed by atoms with van der Waals surface area (Å²) < 4.78 is 57.0. The van der Waals surface area contributed by atoms with E-state index < -0.39 is 35.5 Å². The van der Waals surface area contributed by atoms with E-state index in [1.54, 1.807) is 30.3 Å². The third kappa shape index (κ3) is 5.25. The van der Waals surface area contributed by atoms with E-state index in [0.717, 1.165) is 22.8 Å². The largest absolute Gasteiger partial charge is 0.467 e. The summed E-state index contributed by atoms with van der Waals surface area (Å²) in [6, 6.07) is 13.3. The van der Waals surface area contributed by atoms with Gasteiger partial charge < -0.3 is 15.0 Å². The minimum atomic E-state index is -4.85. The minimum absolute atomic E-state index is 0.137. The number of methoxy groups -OCH3 is 1. The minimum Gasteiger partial charge on any atom is -0.467 e. The molecule has 1 N–H and O–H groups in total. The van der Waals surface area contributed by atoms with Gasteiger partial charge in [0, 0.05) is 23.4 Å². The van der Waals surface area contributed by atoms with Crippen LogP contribution in [0.15, 0.2) is 60.7 Å². The molecule has 0 saturated carbocycles. The third-order valence-corrected chi connectivity index (χ3v) is 6.36. The number of nitrogens with one attached hydrogen (secondary N) is 1. The van der Waals surface area contributed by atoms with Gasteiger partial charge in [-0.3, -0.25) is 9.59 Å². The Labute approximate surface area is 216 Å². The summed E-state index contributed by atoms with van der Waals surface area (Å²) in [5, 5.41) is 2.52. The number of benzene rings is 3. The molecule has 1 unspecified atom stereocenters. The van der Waals surface area contributed by atoms with E-state index in [2.05, 4.69) is 5.32 Å². The van der Waals surface area contributed by atoms with Crippen LogP contribution in [0.4, 0.5) is 23.2 Å². The zero-order valence-corrected chi connectivity index (χ0v) is 20.7. The lowest BCUT2D eigenvalue weighted by Crippen LogP contribution is -2.45. The number of hydrogen-bond acceptors (Lipinski definition) is 4. The molecule has 1 aliphatic heterocycles. The van der Waals surface area contributed by atoms with Crippen LogP contribution < -0.4 is 5.32 Å². The van der Waals surface area contributed by atoms with E-state index in [9.17, 15) is 31.9 Å². The number of rotatable bonds is 6. The van der Waals surface area contributed by atoms with Crippen LogP contribution in [0.1, 0.15) is 45.7 Å². The lowest BCUT2D eigenvalue weighted by Gasteiger charge is -2.28. The maximum absolute atomic E-state index is 13.8. The summed E-state index contributed by atoms with van der Waals surface area (Å²) in [7, 11) is 1.29. The number of ether oxygens (including phenoxy) is 1. The number of hydrogen-bond donors (Lipinski definition) is 1. The number of carbonyl (C=O) groups is 3. The van der Waals surface area contributed by atoms with Crippen LogP contribution in [0.25, 0.3) is 11.1 Å². The van der Waals surface area contributed by atoms with Crippen molar-refractivity contribution in [1.82, 2.24) is 4.90 Å². The Hall–Kier alpha value is -4.21. The zero-order valence-electron chi connectivity index (χ0n) is 20.7. The Morgan fingerprint density at radius 2 is 1.63 bits per heavy atom. The topological polar surface area (TPSA) is 75.7 Å². The Kier molecular flexibility index (Phi) is 7.26. The third-order valence-electron chi connectivity index (χ3n) is 6.36. The molecule has 10 heteroatoms. The smallest absolute Gasteiger partial charge is 0.419 e. The van der Waals surface area contributed by atoms with Crippen molar-refractivity contribution in [2.75, 3.05) is 12.4 Å². The van der Waals surface area contributed by atoms with Crippen LogP contribution in [0, 0.1) is 11.7 Å². The molecule has 198 valence electrons. The number of alkyl halides is 3. The number of amides is 2. The summed E-state index contributed by atoms with van der Waals surface area (Å²) >= 11 is 0. The number of anilines is 1. The fraction of sp³-hybridized carbons (Fsp3) is 0.250. The van der Waals surface area contributed by atoms with Gasteiger partial charge in [-0.15, -0.1) is 0 Å². The van der Waals surface area contributed by atoms with Crippen LogP contribution in [0.3, 0.4) is 0 Å². The SMILES string of the molecule is COC(=O)C(C(C)C)N1Cc2ccc(-c3ccc(NC(=O)c4ccc(C(F)(F)F)c(F)c4)cc3)cc2C1=O. The molecule has 0 bridgehead atoms. The summed E-state index contributed by atoms with van der Waals surface area (Å²) in [5.74, 6) is -3.17. The normalized spacial score (nSPS) is 13.9. The van der Waals surface area contributed by atoms with Crippen molar-refractivity contribution in [1.29, 1.82) is 0 Å². The summed E-state index contributed by atoms with van der Waals surface area (Å²) in [5.41, 5.74) is 1.40. The first-order chi connectivity index (χ1) is 17.9. The average molecular weight is 529 g/mol. The van der Waals surface area contributed by atoms with E-state index in [1.165, 1.54) is 12.0 Å². The van der Waals surface area contributed by atoms with Gasteiger partial charge >= 0.3 is 12.1 Å². The van der Waals surface area contributed by atoms with Gasteiger partial charge in [-0.25, -0.2) is 9.18 Å². The summed E-state index contributed by atoms with van der Waals surface area (Å²) in [6.45, 7) is 3.98. The highest BCUT2D eigenvalue weighted by molar-refractivity contribution is 6.04. The first-order valence-electron chi connectivity index (χ1n) is 11.7. The maximum Gasteiger partial charge on any atom is 0.419 e. The van der Waals surface area contributed by atoms with E-state index >= 15 is 0 Å². The molecule has 0 spiro atoms. The molecule has 38 heavy (non-hydrogen) atoms. The number of halogens is 4. The lowest BCUT2D eigenvalue weighted by atomic mass is 10.00. The molecule has 0 fully saturated rings. The Morgan fingerprint density at radius 1 is 0.974 bits per heavy atom. The second-order valence-electron chi connectivity index (χ2n) is 9.24. The molecule has 0 saturated heterocycles. The van der Waals surface area contributed by atoms with Crippen molar-refractivity contribution in [2.45, 2.75) is 32.6 Å². The highest BCUT2D eigenvalue weighted by atomic mass is 19.4. The number of fused-ring (bicyclic) bond motifs is 1. The predicted octanol–water partition coefficient (Wildman–Crippen LogP) is 5.92. The van der Waals surface area contributed by atoms with Crippen LogP contribution in [0.2, 0.25) is 0 Å². The monoisotopic (exact) mass is 528 g/mol. The van der Waals surface area contributed by atoms with Crippen LogP contribution >= 0.6 is 0 Å². The van der Waals surface area contributed by atoms with Gasteiger partial charge in [-0.05, 0) is 59.0 Å². The van der Waals surface area contributed by atoms with Crippen molar-refractivity contribution in [3.63, 3.8) is 0 Å². The molecule has 0 aromatic heterocycles. The van der Waals surface area contributed by atoms with Gasteiger partial charge in [0.05, 0.1) is 12.7 Å². The second-order valence-corrected chi connectivity index (χ2v) is 9.24. The molecule has 0 radical (unpaired) electrons. The molecule has 3 aromatic carbocycles. The van der Waals surface area contributed by atoms with Crippen molar-refractivity contribution in [3.05, 3.63) is 88.7 Å². The van der Waals surface area contributed by atoms with E-state index in [0.29, 0.717) is 29.9 Å². The summed E-state index contributed by atoms with van der Waals surface area (Å²) in [4.78, 5) is 39.3. The predicted molar refractivity (Wildman–Crippen MR) is 132 cm³/mol. The molecular formula is C28H24F4N2O4. The van der Waals surface area contributed by atoms with Gasteiger partial charge in [0.25, 0.3) is 11.8 Å². The Bertz CT molecular complexity index is 1400. The first kappa shape index (κ1) is 26.8. The Morgan fingerprint density at radius 3 is 2.21 bits per heavy atom. The van der Waals surface area contributed by atoms with Gasteiger partial charge in [-0.1, -0.05) is 38.1 Å². The van der Waals surface area contributed by atoms with Crippen molar-refractivity contribution in [3.8, 4) is 11.1 Å². The first-order valence-corrected chi connectivity index (χ1v) is 11.7. The maximum atomic E-state index is 13.8. The summed E-state index contributed by atoms with van der Waals surface area (Å²) in [6.07, 6.45) is -4.85. The molecule has 3 aromatic rings. The van der Waals surface area contributed by atoms with Crippen LogP contribution in [0.5, 0.6) is 0 Å². The average Bonchev–Trinajstić information content (AvgIpc) is 3.18. The molecule has 1 heterocycles. The van der Waals surface area contributed by atoms with Crippen LogP contribution in [-0.2, 0) is 22.3 Å². The van der Waals surface area contributed by atoms with Crippen molar-refractivity contribution in [2.24, 2.45) is 5.92 Å². The van der Waals surface area contributed by atoms with E-state index in [-0.39, 0.29) is 17.4 Å². The van der Waals surface area contributed by atoms with Gasteiger partial charge in [0.2, 0.25) is 0 Å². The highest BCUT2D eigenvalue weighted by Crippen LogP contribution is 2.33. The van der Waals surface area contributed by atoms with E-state index in [1.807, 2.05) is 26.0 Å². The van der Waals surface area contributed by atoms with Crippen molar-refractivity contribution < 1.29 is 36.7 Å². The second kappa shape index (κ2) is 10.3. The molecule has 4 rings (SSSR count).